The van der Waals surface area contributed by atoms with Gasteiger partial charge in [0.15, 0.2) is 5.82 Å². The molecule has 2 aromatic heterocycles. The summed E-state index contributed by atoms with van der Waals surface area (Å²) in [6.45, 7) is 0. The number of benzene rings is 2. The number of nitrogens with zero attached hydrogens (tertiary/aromatic N) is 5. The molecule has 0 saturated carbocycles. The summed E-state index contributed by atoms with van der Waals surface area (Å²) in [6.07, 6.45) is 1.45. The second kappa shape index (κ2) is 6.29. The number of rotatable bonds is 3. The molecule has 0 aliphatic rings. The van der Waals surface area contributed by atoms with E-state index >= 15 is 0 Å². The summed E-state index contributed by atoms with van der Waals surface area (Å²) < 4.78 is 1.58. The number of aromatic nitrogens is 6. The summed E-state index contributed by atoms with van der Waals surface area (Å²) >= 11 is 6.30. The van der Waals surface area contributed by atoms with Crippen molar-refractivity contribution >= 4 is 11.6 Å². The third-order valence-electron chi connectivity index (χ3n) is 3.67. The first-order chi connectivity index (χ1) is 12.2. The van der Waals surface area contributed by atoms with Crippen LogP contribution in [-0.2, 0) is 0 Å². The maximum absolute atomic E-state index is 11.8. The Morgan fingerprint density at radius 2 is 1.72 bits per heavy atom. The number of nitrogens with one attached hydrogen (secondary N) is 1. The first-order valence-electron chi connectivity index (χ1n) is 7.42. The van der Waals surface area contributed by atoms with Gasteiger partial charge in [-0.05, 0) is 28.6 Å². The van der Waals surface area contributed by atoms with E-state index in [-0.39, 0.29) is 0 Å². The van der Waals surface area contributed by atoms with Crippen molar-refractivity contribution < 1.29 is 0 Å². The highest BCUT2D eigenvalue weighted by molar-refractivity contribution is 6.33. The van der Waals surface area contributed by atoms with Gasteiger partial charge in [-0.15, -0.1) is 5.10 Å². The monoisotopic (exact) mass is 350 g/mol. The Labute approximate surface area is 146 Å². The van der Waals surface area contributed by atoms with Crippen LogP contribution in [0.1, 0.15) is 0 Å². The highest BCUT2D eigenvalue weighted by atomic mass is 35.5. The smallest absolute Gasteiger partial charge is 0.305 e. The van der Waals surface area contributed by atoms with Gasteiger partial charge in [-0.2, -0.15) is 4.68 Å². The van der Waals surface area contributed by atoms with Crippen LogP contribution in [-0.4, -0.2) is 30.2 Å². The summed E-state index contributed by atoms with van der Waals surface area (Å²) in [5.41, 5.74) is 2.07. The first kappa shape index (κ1) is 15.2. The molecule has 0 saturated heterocycles. The van der Waals surface area contributed by atoms with E-state index < -0.39 is 5.69 Å². The topological polar surface area (TPSA) is 89.3 Å². The van der Waals surface area contributed by atoms with Crippen LogP contribution in [0.3, 0.4) is 0 Å². The molecule has 4 rings (SSSR count). The Bertz CT molecular complexity index is 1090. The van der Waals surface area contributed by atoms with Crippen LogP contribution in [0.2, 0.25) is 5.02 Å². The minimum absolute atomic E-state index is 0.449. The standard InChI is InChI=1S/C17H11ClN6O/c18-14-9-5-4-8-12(14)15-13(10-19-17(25)20-15)16-21-22-23-24(16)11-6-2-1-3-7-11/h1-10H,(H,19,20,25). The van der Waals surface area contributed by atoms with Gasteiger partial charge in [-0.25, -0.2) is 9.78 Å². The SMILES string of the molecule is O=c1ncc(-c2nnnn2-c2ccccc2)c(-c2ccccc2Cl)[nH]1. The fraction of sp³-hybridized carbons (Fsp3) is 0. The Morgan fingerprint density at radius 3 is 2.52 bits per heavy atom. The predicted molar refractivity (Wildman–Crippen MR) is 93.5 cm³/mol. The molecule has 2 heterocycles. The van der Waals surface area contributed by atoms with Crippen LogP contribution in [0.5, 0.6) is 0 Å². The zero-order valence-corrected chi connectivity index (χ0v) is 13.6. The summed E-state index contributed by atoms with van der Waals surface area (Å²) in [4.78, 5) is 18.3. The van der Waals surface area contributed by atoms with Gasteiger partial charge in [0.2, 0.25) is 0 Å². The minimum atomic E-state index is -0.475. The quantitative estimate of drug-likeness (QED) is 0.613. The summed E-state index contributed by atoms with van der Waals surface area (Å²) in [7, 11) is 0. The van der Waals surface area contributed by atoms with Crippen molar-refractivity contribution in [2.24, 2.45) is 0 Å². The van der Waals surface area contributed by atoms with E-state index in [1.807, 2.05) is 48.5 Å². The molecule has 4 aromatic rings. The van der Waals surface area contributed by atoms with E-state index in [1.54, 1.807) is 10.7 Å². The third-order valence-corrected chi connectivity index (χ3v) is 4.00. The molecule has 0 amide bonds. The second-order valence-corrected chi connectivity index (χ2v) is 5.61. The maximum atomic E-state index is 11.8. The highest BCUT2D eigenvalue weighted by Crippen LogP contribution is 2.32. The van der Waals surface area contributed by atoms with Crippen molar-refractivity contribution in [3.05, 3.63) is 76.3 Å². The lowest BCUT2D eigenvalue weighted by Gasteiger charge is -2.10. The summed E-state index contributed by atoms with van der Waals surface area (Å²) in [5.74, 6) is 0.449. The lowest BCUT2D eigenvalue weighted by Crippen LogP contribution is -2.12. The highest BCUT2D eigenvalue weighted by Gasteiger charge is 2.18. The van der Waals surface area contributed by atoms with Crippen molar-refractivity contribution in [2.75, 3.05) is 0 Å². The van der Waals surface area contributed by atoms with Gasteiger partial charge >= 0.3 is 5.69 Å². The molecule has 25 heavy (non-hydrogen) atoms. The largest absolute Gasteiger partial charge is 0.345 e. The molecule has 122 valence electrons. The van der Waals surface area contributed by atoms with Crippen LogP contribution < -0.4 is 5.69 Å². The molecule has 0 fully saturated rings. The van der Waals surface area contributed by atoms with Gasteiger partial charge in [0.05, 0.1) is 16.9 Å². The molecule has 0 aliphatic carbocycles. The Morgan fingerprint density at radius 1 is 0.960 bits per heavy atom. The van der Waals surface area contributed by atoms with Crippen molar-refractivity contribution in [1.29, 1.82) is 0 Å². The van der Waals surface area contributed by atoms with Crippen LogP contribution in [0.25, 0.3) is 28.3 Å². The number of halogens is 1. The molecule has 8 heteroatoms. The number of H-pyrrole nitrogens is 1. The number of para-hydroxylation sites is 1. The van der Waals surface area contributed by atoms with Crippen LogP contribution >= 0.6 is 11.6 Å². The van der Waals surface area contributed by atoms with Gasteiger partial charge in [-0.1, -0.05) is 48.0 Å². The molecule has 0 unspecified atom stereocenters. The molecule has 0 spiro atoms. The molecule has 0 bridgehead atoms. The predicted octanol–water partition coefficient (Wildman–Crippen LogP) is 2.73. The second-order valence-electron chi connectivity index (χ2n) is 5.21. The molecule has 2 aromatic carbocycles. The zero-order chi connectivity index (χ0) is 17.2. The molecule has 0 atom stereocenters. The van der Waals surface area contributed by atoms with Crippen LogP contribution in [0.15, 0.2) is 65.6 Å². The summed E-state index contributed by atoms with van der Waals surface area (Å²) in [6, 6.07) is 16.7. The van der Waals surface area contributed by atoms with Crippen LogP contribution in [0, 0.1) is 0 Å². The Kier molecular flexibility index (Phi) is 3.83. The molecular weight excluding hydrogens is 340 g/mol. The number of hydrogen-bond donors (Lipinski definition) is 1. The van der Waals surface area contributed by atoms with E-state index in [2.05, 4.69) is 25.5 Å². The molecule has 1 N–H and O–H groups in total. The fourth-order valence-electron chi connectivity index (χ4n) is 2.54. The lowest BCUT2D eigenvalue weighted by atomic mass is 10.1. The number of tetrazole rings is 1. The fourth-order valence-corrected chi connectivity index (χ4v) is 2.77. The van der Waals surface area contributed by atoms with Crippen LogP contribution in [0.4, 0.5) is 0 Å². The normalized spacial score (nSPS) is 10.8. The average Bonchev–Trinajstić information content (AvgIpc) is 3.12. The summed E-state index contributed by atoms with van der Waals surface area (Å²) in [5, 5.41) is 12.4. The maximum Gasteiger partial charge on any atom is 0.345 e. The molecular formula is C17H11ClN6O. The van der Waals surface area contributed by atoms with Gasteiger partial charge in [0, 0.05) is 16.8 Å². The molecule has 0 radical (unpaired) electrons. The van der Waals surface area contributed by atoms with Gasteiger partial charge in [0.25, 0.3) is 0 Å². The molecule has 7 nitrogen and oxygen atoms in total. The average molecular weight is 351 g/mol. The Hall–Kier alpha value is -3.32. The zero-order valence-electron chi connectivity index (χ0n) is 12.8. The Balaban J connectivity index is 1.96. The number of aromatic amines is 1. The van der Waals surface area contributed by atoms with Crippen molar-refractivity contribution in [3.63, 3.8) is 0 Å². The van der Waals surface area contributed by atoms with Crippen molar-refractivity contribution in [3.8, 4) is 28.3 Å². The number of hydrogen-bond acceptors (Lipinski definition) is 5. The van der Waals surface area contributed by atoms with E-state index in [1.165, 1.54) is 6.20 Å². The van der Waals surface area contributed by atoms with E-state index in [9.17, 15) is 4.79 Å². The minimum Gasteiger partial charge on any atom is -0.305 e. The van der Waals surface area contributed by atoms with Gasteiger partial charge < -0.3 is 4.98 Å². The van der Waals surface area contributed by atoms with Crippen molar-refractivity contribution in [1.82, 2.24) is 30.2 Å². The van der Waals surface area contributed by atoms with E-state index in [0.29, 0.717) is 27.7 Å². The van der Waals surface area contributed by atoms with Gasteiger partial charge in [0.1, 0.15) is 0 Å². The van der Waals surface area contributed by atoms with E-state index in [0.717, 1.165) is 5.69 Å². The lowest BCUT2D eigenvalue weighted by molar-refractivity contribution is 0.791. The van der Waals surface area contributed by atoms with Gasteiger partial charge in [-0.3, -0.25) is 0 Å². The third kappa shape index (κ3) is 2.81. The van der Waals surface area contributed by atoms with Crippen molar-refractivity contribution in [2.45, 2.75) is 0 Å². The first-order valence-corrected chi connectivity index (χ1v) is 7.80. The van der Waals surface area contributed by atoms with E-state index in [4.69, 9.17) is 11.6 Å². The molecule has 0 aliphatic heterocycles.